The topological polar surface area (TPSA) is 86.5 Å². The Bertz CT molecular complexity index is 711. The Morgan fingerprint density at radius 2 is 1.55 bits per heavy atom. The van der Waals surface area contributed by atoms with E-state index in [4.69, 9.17) is 0 Å². The predicted molar refractivity (Wildman–Crippen MR) is 78.3 cm³/mol. The first kappa shape index (κ1) is 15.4. The molecule has 0 bridgehead atoms. The van der Waals surface area contributed by atoms with Crippen molar-refractivity contribution in [2.45, 2.75) is 6.04 Å². The summed E-state index contributed by atoms with van der Waals surface area (Å²) in [4.78, 5) is 35.0. The van der Waals surface area contributed by atoms with Crippen molar-refractivity contribution < 1.29 is 19.2 Å². The first-order valence-electron chi connectivity index (χ1n) is 6.46. The summed E-state index contributed by atoms with van der Waals surface area (Å²) in [6.07, 6.45) is 0. The molecule has 0 radical (unpaired) electrons. The average Bonchev–Trinajstić information content (AvgIpc) is 2.55. The van der Waals surface area contributed by atoms with Gasteiger partial charge in [-0.2, -0.15) is 0 Å². The zero-order chi connectivity index (χ0) is 16.1. The monoisotopic (exact) mass is 299 g/mol. The van der Waals surface area contributed by atoms with Gasteiger partial charge in [-0.15, -0.1) is 0 Å². The van der Waals surface area contributed by atoms with Gasteiger partial charge in [-0.05, 0) is 6.07 Å². The molecule has 112 valence electrons. The van der Waals surface area contributed by atoms with E-state index in [1.165, 1.54) is 31.4 Å². The van der Waals surface area contributed by atoms with Crippen LogP contribution >= 0.6 is 0 Å². The van der Waals surface area contributed by atoms with Crippen LogP contribution in [0, 0.1) is 10.1 Å². The Kier molecular flexibility index (Phi) is 4.63. The van der Waals surface area contributed by atoms with Gasteiger partial charge in [0.25, 0.3) is 6.04 Å². The quantitative estimate of drug-likeness (QED) is 0.366. The number of hydrogen-bond acceptors (Lipinski definition) is 5. The first-order valence-corrected chi connectivity index (χ1v) is 6.46. The Hall–Kier alpha value is -3.02. The lowest BCUT2D eigenvalue weighted by molar-refractivity contribution is -0.511. The molecule has 6 nitrogen and oxygen atoms in total. The lowest BCUT2D eigenvalue weighted by atomic mass is 9.94. The van der Waals surface area contributed by atoms with Gasteiger partial charge in [0, 0.05) is 16.1 Å². The molecule has 0 unspecified atom stereocenters. The molecule has 2 aromatic carbocycles. The summed E-state index contributed by atoms with van der Waals surface area (Å²) in [7, 11) is 1.19. The highest BCUT2D eigenvalue weighted by Gasteiger charge is 2.34. The van der Waals surface area contributed by atoms with Gasteiger partial charge in [0.2, 0.25) is 5.78 Å². The molecule has 0 aromatic heterocycles. The number of Topliss-reactive ketones (excluding diaryl/α,β-unsaturated/α-hetero) is 1. The van der Waals surface area contributed by atoms with Crippen LogP contribution in [0.1, 0.15) is 32.3 Å². The van der Waals surface area contributed by atoms with Crippen LogP contribution in [0.15, 0.2) is 54.6 Å². The minimum absolute atomic E-state index is 0.0118. The van der Waals surface area contributed by atoms with Crippen LogP contribution in [0.4, 0.5) is 0 Å². The van der Waals surface area contributed by atoms with Crippen LogP contribution in [-0.2, 0) is 4.74 Å². The number of ketones is 1. The molecule has 0 aliphatic heterocycles. The second-order valence-corrected chi connectivity index (χ2v) is 4.50. The second-order valence-electron chi connectivity index (χ2n) is 4.50. The predicted octanol–water partition coefficient (Wildman–Crippen LogP) is 2.67. The first-order chi connectivity index (χ1) is 10.6. The largest absolute Gasteiger partial charge is 0.465 e. The number of carbonyl (C=O) groups is 2. The van der Waals surface area contributed by atoms with Gasteiger partial charge < -0.3 is 4.74 Å². The van der Waals surface area contributed by atoms with Crippen molar-refractivity contribution in [3.63, 3.8) is 0 Å². The molecular formula is C16H13NO5. The van der Waals surface area contributed by atoms with E-state index < -0.39 is 22.7 Å². The van der Waals surface area contributed by atoms with Crippen molar-refractivity contribution in [3.8, 4) is 0 Å². The Morgan fingerprint density at radius 3 is 2.09 bits per heavy atom. The van der Waals surface area contributed by atoms with Crippen LogP contribution in [0.2, 0.25) is 0 Å². The van der Waals surface area contributed by atoms with E-state index in [9.17, 15) is 19.7 Å². The van der Waals surface area contributed by atoms with Crippen LogP contribution in [-0.4, -0.2) is 23.8 Å². The fourth-order valence-corrected chi connectivity index (χ4v) is 2.14. The molecule has 2 rings (SSSR count). The number of methoxy groups -OCH3 is 1. The maximum atomic E-state index is 12.6. The van der Waals surface area contributed by atoms with E-state index in [-0.39, 0.29) is 16.7 Å². The van der Waals surface area contributed by atoms with Crippen LogP contribution < -0.4 is 0 Å². The van der Waals surface area contributed by atoms with Gasteiger partial charge in [0.05, 0.1) is 12.7 Å². The third-order valence-corrected chi connectivity index (χ3v) is 3.17. The van der Waals surface area contributed by atoms with E-state index in [0.717, 1.165) is 0 Å². The number of esters is 1. The molecule has 0 fully saturated rings. The minimum atomic E-state index is -1.56. The molecule has 6 heteroatoms. The molecule has 0 aliphatic rings. The van der Waals surface area contributed by atoms with Gasteiger partial charge in [-0.1, -0.05) is 48.5 Å². The van der Waals surface area contributed by atoms with Crippen molar-refractivity contribution >= 4 is 11.8 Å². The SMILES string of the molecule is COC(=O)c1ccccc1C(=O)[C@H](c1ccccc1)[N+](=O)[O-]. The van der Waals surface area contributed by atoms with Crippen LogP contribution in [0.25, 0.3) is 0 Å². The zero-order valence-electron chi connectivity index (χ0n) is 11.8. The number of hydrogen-bond donors (Lipinski definition) is 0. The standard InChI is InChI=1S/C16H13NO5/c1-22-16(19)13-10-6-5-9-12(13)15(18)14(17(20)21)11-7-3-2-4-8-11/h2-10,14H,1H3/t14-/m0/s1. The summed E-state index contributed by atoms with van der Waals surface area (Å²) >= 11 is 0. The fourth-order valence-electron chi connectivity index (χ4n) is 2.14. The van der Waals surface area contributed by atoms with E-state index in [0.29, 0.717) is 0 Å². The van der Waals surface area contributed by atoms with Crippen LogP contribution in [0.5, 0.6) is 0 Å². The highest BCUT2D eigenvalue weighted by Crippen LogP contribution is 2.24. The fraction of sp³-hybridized carbons (Fsp3) is 0.125. The van der Waals surface area contributed by atoms with E-state index >= 15 is 0 Å². The smallest absolute Gasteiger partial charge is 0.338 e. The van der Waals surface area contributed by atoms with Crippen molar-refractivity contribution in [2.75, 3.05) is 7.11 Å². The lowest BCUT2D eigenvalue weighted by Gasteiger charge is -2.11. The highest BCUT2D eigenvalue weighted by atomic mass is 16.6. The van der Waals surface area contributed by atoms with Gasteiger partial charge >= 0.3 is 5.97 Å². The molecule has 0 aliphatic carbocycles. The molecule has 2 aromatic rings. The van der Waals surface area contributed by atoms with Gasteiger partial charge in [-0.25, -0.2) is 4.79 Å². The molecule has 0 heterocycles. The summed E-state index contributed by atoms with van der Waals surface area (Å²) < 4.78 is 4.61. The van der Waals surface area contributed by atoms with Gasteiger partial charge in [0.1, 0.15) is 0 Å². The number of benzene rings is 2. The lowest BCUT2D eigenvalue weighted by Crippen LogP contribution is -2.23. The minimum Gasteiger partial charge on any atom is -0.465 e. The second kappa shape index (κ2) is 6.62. The number of rotatable bonds is 5. The molecule has 0 saturated heterocycles. The van der Waals surface area contributed by atoms with E-state index in [2.05, 4.69) is 4.74 Å². The highest BCUT2D eigenvalue weighted by molar-refractivity contribution is 6.08. The zero-order valence-corrected chi connectivity index (χ0v) is 11.8. The molecular weight excluding hydrogens is 286 g/mol. The van der Waals surface area contributed by atoms with E-state index in [1.807, 2.05) is 0 Å². The maximum absolute atomic E-state index is 12.6. The summed E-state index contributed by atoms with van der Waals surface area (Å²) in [5.41, 5.74) is 0.245. The summed E-state index contributed by atoms with van der Waals surface area (Å²) in [6.45, 7) is 0. The number of nitrogens with zero attached hydrogens (tertiary/aromatic N) is 1. The third-order valence-electron chi connectivity index (χ3n) is 3.17. The molecule has 0 N–H and O–H groups in total. The number of ether oxygens (including phenoxy) is 1. The van der Waals surface area contributed by atoms with Crippen molar-refractivity contribution in [3.05, 3.63) is 81.4 Å². The van der Waals surface area contributed by atoms with Gasteiger partial charge in [0.15, 0.2) is 0 Å². The van der Waals surface area contributed by atoms with E-state index in [1.54, 1.807) is 30.3 Å². The van der Waals surface area contributed by atoms with Gasteiger partial charge in [-0.3, -0.25) is 14.9 Å². The summed E-state index contributed by atoms with van der Waals surface area (Å²) in [6, 6.07) is 12.3. The molecule has 0 spiro atoms. The Balaban J connectivity index is 2.50. The average molecular weight is 299 g/mol. The Morgan fingerprint density at radius 1 is 1.00 bits per heavy atom. The van der Waals surface area contributed by atoms with Crippen molar-refractivity contribution in [1.29, 1.82) is 0 Å². The molecule has 0 amide bonds. The van der Waals surface area contributed by atoms with Crippen molar-refractivity contribution in [1.82, 2.24) is 0 Å². The summed E-state index contributed by atoms with van der Waals surface area (Å²) in [5.74, 6) is -1.46. The number of carbonyl (C=O) groups excluding carboxylic acids is 2. The normalized spacial score (nSPS) is 11.5. The Labute approximate surface area is 126 Å². The number of nitro groups is 1. The van der Waals surface area contributed by atoms with Crippen molar-refractivity contribution in [2.24, 2.45) is 0 Å². The maximum Gasteiger partial charge on any atom is 0.338 e. The third kappa shape index (κ3) is 3.01. The molecule has 0 saturated carbocycles. The molecule has 22 heavy (non-hydrogen) atoms. The summed E-state index contributed by atoms with van der Waals surface area (Å²) in [5, 5.41) is 11.3. The molecule has 1 atom stereocenters. The van der Waals surface area contributed by atoms with Crippen LogP contribution in [0.3, 0.4) is 0 Å².